The van der Waals surface area contributed by atoms with Crippen LogP contribution in [0.2, 0.25) is 0 Å². The molecule has 0 aliphatic heterocycles. The van der Waals surface area contributed by atoms with Crippen LogP contribution in [0.1, 0.15) is 116 Å². The van der Waals surface area contributed by atoms with Crippen LogP contribution in [0, 0.1) is 5.92 Å². The number of ether oxygens (including phenoxy) is 1. The first kappa shape index (κ1) is 31.8. The number of carbonyl (C=O) groups excluding carboxylic acids is 3. The lowest BCUT2D eigenvalue weighted by Gasteiger charge is -2.15. The van der Waals surface area contributed by atoms with Gasteiger partial charge < -0.3 is 10.1 Å². The number of methoxy groups -OCH3 is 1. The summed E-state index contributed by atoms with van der Waals surface area (Å²) in [5, 5.41) is 2.62. The zero-order chi connectivity index (χ0) is 27.8. The SMILES string of the molecule is CCCCCCCCCCCCCCCC(=O)NS(=O)(=O)c1ccc(OC)c(NC(=O)C2CCCC2=O)c1. The van der Waals surface area contributed by atoms with Crippen molar-refractivity contribution in [1.29, 1.82) is 0 Å². The van der Waals surface area contributed by atoms with Crippen molar-refractivity contribution in [2.24, 2.45) is 5.92 Å². The first-order valence-corrected chi connectivity index (χ1v) is 15.8. The van der Waals surface area contributed by atoms with Gasteiger partial charge in [-0.25, -0.2) is 13.1 Å². The number of amides is 2. The van der Waals surface area contributed by atoms with E-state index < -0.39 is 27.8 Å². The van der Waals surface area contributed by atoms with Crippen LogP contribution in [0.15, 0.2) is 23.1 Å². The van der Waals surface area contributed by atoms with Crippen LogP contribution in [-0.4, -0.2) is 33.1 Å². The van der Waals surface area contributed by atoms with E-state index in [1.807, 2.05) is 0 Å². The lowest BCUT2D eigenvalue weighted by molar-refractivity contribution is -0.129. The molecular weight excluding hydrogens is 504 g/mol. The second-order valence-electron chi connectivity index (χ2n) is 10.3. The van der Waals surface area contributed by atoms with Crippen molar-refractivity contribution in [3.63, 3.8) is 0 Å². The van der Waals surface area contributed by atoms with Crippen molar-refractivity contribution in [1.82, 2.24) is 4.72 Å². The average molecular weight is 551 g/mol. The van der Waals surface area contributed by atoms with E-state index in [-0.39, 0.29) is 28.5 Å². The number of hydrogen-bond acceptors (Lipinski definition) is 6. The monoisotopic (exact) mass is 550 g/mol. The third kappa shape index (κ3) is 11.1. The highest BCUT2D eigenvalue weighted by atomic mass is 32.2. The second kappa shape index (κ2) is 17.2. The van der Waals surface area contributed by atoms with Gasteiger partial charge in [-0.2, -0.15) is 0 Å². The number of hydrogen-bond donors (Lipinski definition) is 2. The maximum absolute atomic E-state index is 12.8. The summed E-state index contributed by atoms with van der Waals surface area (Å²) in [7, 11) is -2.71. The number of benzene rings is 1. The van der Waals surface area contributed by atoms with Gasteiger partial charge in [0, 0.05) is 12.8 Å². The highest BCUT2D eigenvalue weighted by Gasteiger charge is 2.31. The fourth-order valence-electron chi connectivity index (χ4n) is 4.83. The van der Waals surface area contributed by atoms with E-state index in [9.17, 15) is 22.8 Å². The number of rotatable bonds is 19. The summed E-state index contributed by atoms with van der Waals surface area (Å²) in [4.78, 5) is 36.6. The van der Waals surface area contributed by atoms with Crippen LogP contribution in [0.3, 0.4) is 0 Å². The predicted molar refractivity (Wildman–Crippen MR) is 150 cm³/mol. The summed E-state index contributed by atoms with van der Waals surface area (Å²) in [6.07, 6.45) is 17.1. The van der Waals surface area contributed by atoms with E-state index in [1.165, 1.54) is 83.1 Å². The fourth-order valence-corrected chi connectivity index (χ4v) is 5.87. The molecule has 0 spiro atoms. The molecule has 2 rings (SSSR count). The van der Waals surface area contributed by atoms with Crippen molar-refractivity contribution in [3.05, 3.63) is 18.2 Å². The number of Topliss-reactive ketones (excluding diaryl/α,β-unsaturated/α-hetero) is 1. The average Bonchev–Trinajstić information content (AvgIpc) is 3.32. The summed E-state index contributed by atoms with van der Waals surface area (Å²) < 4.78 is 32.9. The van der Waals surface area contributed by atoms with E-state index in [2.05, 4.69) is 17.0 Å². The number of unbranched alkanes of at least 4 members (excludes halogenated alkanes) is 12. The van der Waals surface area contributed by atoms with Gasteiger partial charge in [-0.05, 0) is 37.5 Å². The van der Waals surface area contributed by atoms with Crippen molar-refractivity contribution in [3.8, 4) is 5.75 Å². The van der Waals surface area contributed by atoms with Gasteiger partial charge >= 0.3 is 0 Å². The first-order chi connectivity index (χ1) is 18.3. The van der Waals surface area contributed by atoms with E-state index in [0.29, 0.717) is 25.7 Å². The standard InChI is InChI=1S/C29H46N2O6S/c1-3-4-5-6-7-8-9-10-11-12-13-14-15-19-28(33)31-38(35,36)23-20-21-27(37-2)25(22-23)30-29(34)24-17-16-18-26(24)32/h20-22,24H,3-19H2,1-2H3,(H,30,34)(H,31,33). The molecule has 8 nitrogen and oxygen atoms in total. The molecule has 9 heteroatoms. The third-order valence-corrected chi connectivity index (χ3v) is 8.49. The zero-order valence-electron chi connectivity index (χ0n) is 23.2. The van der Waals surface area contributed by atoms with Crippen LogP contribution in [-0.2, 0) is 24.4 Å². The number of ketones is 1. The predicted octanol–water partition coefficient (Wildman–Crippen LogP) is 6.29. The maximum Gasteiger partial charge on any atom is 0.264 e. The molecule has 1 saturated carbocycles. The van der Waals surface area contributed by atoms with Crippen molar-refractivity contribution in [2.45, 2.75) is 121 Å². The van der Waals surface area contributed by atoms with E-state index in [4.69, 9.17) is 4.74 Å². The molecule has 0 saturated heterocycles. The summed E-state index contributed by atoms with van der Waals surface area (Å²) >= 11 is 0. The minimum atomic E-state index is -4.11. The van der Waals surface area contributed by atoms with E-state index in [0.717, 1.165) is 19.3 Å². The Balaban J connectivity index is 1.71. The summed E-state index contributed by atoms with van der Waals surface area (Å²) in [5.74, 6) is -1.62. The molecule has 0 heterocycles. The second-order valence-corrected chi connectivity index (χ2v) is 12.0. The third-order valence-electron chi connectivity index (χ3n) is 7.12. The topological polar surface area (TPSA) is 119 Å². The van der Waals surface area contributed by atoms with Gasteiger partial charge in [0.15, 0.2) is 0 Å². The molecule has 1 atom stereocenters. The number of sulfonamides is 1. The molecule has 38 heavy (non-hydrogen) atoms. The Morgan fingerprint density at radius 3 is 2.03 bits per heavy atom. The molecule has 1 aliphatic carbocycles. The van der Waals surface area contributed by atoms with Gasteiger partial charge in [0.2, 0.25) is 11.8 Å². The largest absolute Gasteiger partial charge is 0.495 e. The van der Waals surface area contributed by atoms with E-state index >= 15 is 0 Å². The lowest BCUT2D eigenvalue weighted by atomic mass is 10.0. The van der Waals surface area contributed by atoms with Gasteiger partial charge in [0.25, 0.3) is 10.0 Å². The van der Waals surface area contributed by atoms with E-state index in [1.54, 1.807) is 0 Å². The van der Waals surface area contributed by atoms with Gasteiger partial charge in [-0.15, -0.1) is 0 Å². The van der Waals surface area contributed by atoms with Crippen LogP contribution >= 0.6 is 0 Å². The van der Waals surface area contributed by atoms with Crippen LogP contribution in [0.5, 0.6) is 5.75 Å². The summed E-state index contributed by atoms with van der Waals surface area (Å²) in [6.45, 7) is 2.24. The minimum Gasteiger partial charge on any atom is -0.495 e. The molecule has 2 amide bonds. The molecule has 0 bridgehead atoms. The highest BCUT2D eigenvalue weighted by molar-refractivity contribution is 7.90. The quantitative estimate of drug-likeness (QED) is 0.154. The molecule has 2 N–H and O–H groups in total. The molecule has 1 aromatic carbocycles. The normalized spacial score (nSPS) is 15.4. The molecule has 1 unspecified atom stereocenters. The minimum absolute atomic E-state index is 0.120. The first-order valence-electron chi connectivity index (χ1n) is 14.4. The summed E-state index contributed by atoms with van der Waals surface area (Å²) in [6, 6.07) is 3.98. The molecule has 1 aromatic rings. The fraction of sp³-hybridized carbons (Fsp3) is 0.690. The van der Waals surface area contributed by atoms with Crippen LogP contribution in [0.4, 0.5) is 5.69 Å². The molecule has 1 fully saturated rings. The Morgan fingerprint density at radius 2 is 1.50 bits per heavy atom. The molecule has 1 aliphatic rings. The van der Waals surface area contributed by atoms with Crippen molar-refractivity contribution in [2.75, 3.05) is 12.4 Å². The Hall–Kier alpha value is -2.42. The smallest absolute Gasteiger partial charge is 0.264 e. The molecule has 0 aromatic heterocycles. The zero-order valence-corrected chi connectivity index (χ0v) is 24.0. The molecular formula is C29H46N2O6S. The molecule has 214 valence electrons. The van der Waals surface area contributed by atoms with Gasteiger partial charge in [-0.1, -0.05) is 84.0 Å². The van der Waals surface area contributed by atoms with Gasteiger partial charge in [0.1, 0.15) is 11.5 Å². The van der Waals surface area contributed by atoms with Gasteiger partial charge in [-0.3, -0.25) is 14.4 Å². The van der Waals surface area contributed by atoms with Crippen LogP contribution < -0.4 is 14.8 Å². The van der Waals surface area contributed by atoms with Crippen molar-refractivity contribution < 1.29 is 27.5 Å². The van der Waals surface area contributed by atoms with Gasteiger partial charge in [0.05, 0.1) is 23.6 Å². The number of anilines is 1. The van der Waals surface area contributed by atoms with Crippen molar-refractivity contribution >= 4 is 33.3 Å². The Labute approximate surface area is 228 Å². The number of carbonyl (C=O) groups is 3. The van der Waals surface area contributed by atoms with Crippen LogP contribution in [0.25, 0.3) is 0 Å². The summed E-state index contributed by atoms with van der Waals surface area (Å²) in [5.41, 5.74) is 0.143. The Morgan fingerprint density at radius 1 is 0.921 bits per heavy atom. The Kier molecular flexibility index (Phi) is 14.4. The Bertz CT molecular complexity index is 1010. The number of nitrogens with one attached hydrogen (secondary N) is 2. The maximum atomic E-state index is 12.8. The highest BCUT2D eigenvalue weighted by Crippen LogP contribution is 2.30. The lowest BCUT2D eigenvalue weighted by Crippen LogP contribution is -2.30. The molecule has 0 radical (unpaired) electrons.